The number of hydrogen-bond donors (Lipinski definition) is 1. The number of halogens is 2. The molecule has 0 atom stereocenters. The maximum Gasteiger partial charge on any atom is 0.241 e. The molecule has 6 heteroatoms. The Bertz CT molecular complexity index is 595. The van der Waals surface area contributed by atoms with E-state index in [2.05, 4.69) is 43.5 Å². The minimum absolute atomic E-state index is 0.196. The molecule has 1 N–H and O–H groups in total. The molecule has 106 valence electrons. The molecule has 19 heavy (non-hydrogen) atoms. The standard InChI is InChI=1S/C13H17Br2NO2S/c1-3-13(4-5-13)8-16-19(17,18)12-7-10(14)9(2)6-11(12)15/h6-7,16H,3-5,8H2,1-2H3. The summed E-state index contributed by atoms with van der Waals surface area (Å²) in [5, 5.41) is 0. The Balaban J connectivity index is 2.22. The van der Waals surface area contributed by atoms with Crippen LogP contribution in [0.2, 0.25) is 0 Å². The van der Waals surface area contributed by atoms with Crippen molar-refractivity contribution in [3.63, 3.8) is 0 Å². The third kappa shape index (κ3) is 3.40. The van der Waals surface area contributed by atoms with Crippen molar-refractivity contribution in [1.29, 1.82) is 0 Å². The van der Waals surface area contributed by atoms with Crippen LogP contribution in [0.1, 0.15) is 31.7 Å². The summed E-state index contributed by atoms with van der Waals surface area (Å²) < 4.78 is 28.8. The fourth-order valence-corrected chi connectivity index (χ4v) is 4.82. The van der Waals surface area contributed by atoms with Crippen molar-refractivity contribution in [3.05, 3.63) is 26.6 Å². The molecule has 1 aromatic carbocycles. The van der Waals surface area contributed by atoms with E-state index in [-0.39, 0.29) is 10.3 Å². The molecule has 0 saturated heterocycles. The van der Waals surface area contributed by atoms with Crippen molar-refractivity contribution in [1.82, 2.24) is 4.72 Å². The topological polar surface area (TPSA) is 46.2 Å². The smallest absolute Gasteiger partial charge is 0.211 e. The second-order valence-electron chi connectivity index (χ2n) is 5.21. The molecule has 3 nitrogen and oxygen atoms in total. The summed E-state index contributed by atoms with van der Waals surface area (Å²) in [6.07, 6.45) is 3.25. The van der Waals surface area contributed by atoms with Crippen LogP contribution in [0.25, 0.3) is 0 Å². The molecule has 0 bridgehead atoms. The number of rotatable bonds is 5. The largest absolute Gasteiger partial charge is 0.241 e. The van der Waals surface area contributed by atoms with Gasteiger partial charge in [0.25, 0.3) is 0 Å². The van der Waals surface area contributed by atoms with Crippen molar-refractivity contribution in [2.24, 2.45) is 5.41 Å². The first-order valence-electron chi connectivity index (χ1n) is 6.25. The van der Waals surface area contributed by atoms with Crippen molar-refractivity contribution in [2.45, 2.75) is 38.0 Å². The summed E-state index contributed by atoms with van der Waals surface area (Å²) in [5.74, 6) is 0. The monoisotopic (exact) mass is 409 g/mol. The predicted molar refractivity (Wildman–Crippen MR) is 83.7 cm³/mol. The molecule has 1 saturated carbocycles. The normalized spacial score (nSPS) is 17.5. The van der Waals surface area contributed by atoms with Gasteiger partial charge in [0.1, 0.15) is 0 Å². The predicted octanol–water partition coefficient (Wildman–Crippen LogP) is 3.99. The van der Waals surface area contributed by atoms with Crippen LogP contribution >= 0.6 is 31.9 Å². The van der Waals surface area contributed by atoms with Gasteiger partial charge in [-0.05, 0) is 65.2 Å². The average molecular weight is 411 g/mol. The van der Waals surface area contributed by atoms with Gasteiger partial charge in [-0.25, -0.2) is 13.1 Å². The number of nitrogens with one attached hydrogen (secondary N) is 1. The van der Waals surface area contributed by atoms with E-state index in [1.54, 1.807) is 6.07 Å². The van der Waals surface area contributed by atoms with E-state index < -0.39 is 10.0 Å². The lowest BCUT2D eigenvalue weighted by atomic mass is 10.1. The minimum Gasteiger partial charge on any atom is -0.211 e. The van der Waals surface area contributed by atoms with Crippen LogP contribution in [-0.2, 0) is 10.0 Å². The summed E-state index contributed by atoms with van der Waals surface area (Å²) in [7, 11) is -3.46. The van der Waals surface area contributed by atoms with E-state index in [1.807, 2.05) is 13.0 Å². The number of sulfonamides is 1. The summed E-state index contributed by atoms with van der Waals surface area (Å²) in [5.41, 5.74) is 1.19. The SMILES string of the molecule is CCC1(CNS(=O)(=O)c2cc(Br)c(C)cc2Br)CC1. The molecule has 0 aromatic heterocycles. The summed E-state index contributed by atoms with van der Waals surface area (Å²) >= 11 is 6.71. The van der Waals surface area contributed by atoms with Gasteiger partial charge in [0.05, 0.1) is 4.90 Å². The Kier molecular flexibility index (Phi) is 4.45. The lowest BCUT2D eigenvalue weighted by Gasteiger charge is -2.15. The molecule has 1 aliphatic rings. The Morgan fingerprint density at radius 2 is 1.89 bits per heavy atom. The molecule has 0 amide bonds. The van der Waals surface area contributed by atoms with E-state index in [4.69, 9.17) is 0 Å². The zero-order valence-corrected chi connectivity index (χ0v) is 15.0. The Morgan fingerprint density at radius 1 is 1.26 bits per heavy atom. The zero-order valence-electron chi connectivity index (χ0n) is 11.0. The van der Waals surface area contributed by atoms with E-state index in [9.17, 15) is 8.42 Å². The van der Waals surface area contributed by atoms with Crippen molar-refractivity contribution in [3.8, 4) is 0 Å². The van der Waals surface area contributed by atoms with Crippen LogP contribution in [0, 0.1) is 12.3 Å². The van der Waals surface area contributed by atoms with Gasteiger partial charge in [-0.3, -0.25) is 0 Å². The van der Waals surface area contributed by atoms with E-state index in [0.29, 0.717) is 11.0 Å². The van der Waals surface area contributed by atoms with Crippen molar-refractivity contribution in [2.75, 3.05) is 6.54 Å². The molecule has 1 aliphatic carbocycles. The second-order valence-corrected chi connectivity index (χ2v) is 8.65. The summed E-state index contributed by atoms with van der Waals surface area (Å²) in [4.78, 5) is 0.289. The third-order valence-electron chi connectivity index (χ3n) is 3.85. The third-order valence-corrected chi connectivity index (χ3v) is 7.06. The van der Waals surface area contributed by atoms with Crippen LogP contribution in [-0.4, -0.2) is 15.0 Å². The van der Waals surface area contributed by atoms with E-state index in [0.717, 1.165) is 29.3 Å². The lowest BCUT2D eigenvalue weighted by molar-refractivity contribution is 0.475. The van der Waals surface area contributed by atoms with Gasteiger partial charge in [0.2, 0.25) is 10.0 Å². The highest BCUT2D eigenvalue weighted by molar-refractivity contribution is 9.11. The Hall–Kier alpha value is 0.0900. The highest BCUT2D eigenvalue weighted by Gasteiger charge is 2.41. The lowest BCUT2D eigenvalue weighted by Crippen LogP contribution is -2.30. The Labute approximate surface area is 131 Å². The fraction of sp³-hybridized carbons (Fsp3) is 0.538. The molecule has 0 radical (unpaired) electrons. The molecule has 0 unspecified atom stereocenters. The molecule has 1 fully saturated rings. The maximum absolute atomic E-state index is 12.3. The molecule has 0 heterocycles. The van der Waals surface area contributed by atoms with Gasteiger partial charge in [-0.1, -0.05) is 22.9 Å². The van der Waals surface area contributed by atoms with Gasteiger partial charge >= 0.3 is 0 Å². The summed E-state index contributed by atoms with van der Waals surface area (Å²) in [6, 6.07) is 3.46. The molecule has 2 rings (SSSR count). The maximum atomic E-state index is 12.3. The van der Waals surface area contributed by atoms with Crippen LogP contribution in [0.5, 0.6) is 0 Å². The van der Waals surface area contributed by atoms with Crippen LogP contribution < -0.4 is 4.72 Å². The highest BCUT2D eigenvalue weighted by atomic mass is 79.9. The minimum atomic E-state index is -3.46. The van der Waals surface area contributed by atoms with Crippen molar-refractivity contribution >= 4 is 41.9 Å². The first kappa shape index (κ1) is 15.5. The second kappa shape index (κ2) is 5.47. The molecular weight excluding hydrogens is 394 g/mol. The van der Waals surface area contributed by atoms with E-state index >= 15 is 0 Å². The van der Waals surface area contributed by atoms with Crippen molar-refractivity contribution < 1.29 is 8.42 Å². The van der Waals surface area contributed by atoms with Gasteiger partial charge in [0.15, 0.2) is 0 Å². The Morgan fingerprint density at radius 3 is 2.42 bits per heavy atom. The number of hydrogen-bond acceptors (Lipinski definition) is 2. The molecule has 1 aromatic rings. The van der Waals surface area contributed by atoms with Gasteiger partial charge < -0.3 is 0 Å². The number of benzene rings is 1. The highest BCUT2D eigenvalue weighted by Crippen LogP contribution is 2.48. The molecular formula is C13H17Br2NO2S. The molecule has 0 spiro atoms. The van der Waals surface area contributed by atoms with Crippen LogP contribution in [0.3, 0.4) is 0 Å². The number of aryl methyl sites for hydroxylation is 1. The van der Waals surface area contributed by atoms with Crippen LogP contribution in [0.15, 0.2) is 26.0 Å². The quantitative estimate of drug-likeness (QED) is 0.797. The van der Waals surface area contributed by atoms with Gasteiger partial charge in [0, 0.05) is 15.5 Å². The fourth-order valence-electron chi connectivity index (χ4n) is 1.99. The first-order valence-corrected chi connectivity index (χ1v) is 9.32. The van der Waals surface area contributed by atoms with Gasteiger partial charge in [-0.15, -0.1) is 0 Å². The van der Waals surface area contributed by atoms with Gasteiger partial charge in [-0.2, -0.15) is 0 Å². The van der Waals surface area contributed by atoms with Crippen LogP contribution in [0.4, 0.5) is 0 Å². The average Bonchev–Trinajstić information content (AvgIpc) is 3.12. The van der Waals surface area contributed by atoms with E-state index in [1.165, 1.54) is 0 Å². The first-order chi connectivity index (χ1) is 8.80. The summed E-state index contributed by atoms with van der Waals surface area (Å²) in [6.45, 7) is 4.57. The molecule has 0 aliphatic heterocycles. The zero-order chi connectivity index (χ0) is 14.3.